The fraction of sp³-hybridized carbons (Fsp3) is 0.750. The average molecular weight is 329 g/mol. The van der Waals surface area contributed by atoms with E-state index in [1.807, 2.05) is 6.08 Å². The molecule has 2 rings (SSSR count). The van der Waals surface area contributed by atoms with Crippen molar-refractivity contribution in [3.05, 3.63) is 23.8 Å². The largest absolute Gasteiger partial charge is 0.346 e. The van der Waals surface area contributed by atoms with Gasteiger partial charge in [0.15, 0.2) is 5.79 Å². The van der Waals surface area contributed by atoms with Gasteiger partial charge in [-0.15, -0.1) is 6.58 Å². The zero-order chi connectivity index (χ0) is 14.3. The minimum atomic E-state index is -0.481. The van der Waals surface area contributed by atoms with E-state index in [-0.39, 0.29) is 16.3 Å². The highest BCUT2D eigenvalue weighted by Gasteiger charge is 2.53. The van der Waals surface area contributed by atoms with Crippen molar-refractivity contribution in [3.8, 4) is 0 Å². The van der Waals surface area contributed by atoms with E-state index >= 15 is 0 Å². The number of ether oxygens (including phenoxy) is 2. The summed E-state index contributed by atoms with van der Waals surface area (Å²) >= 11 is 3.82. The van der Waals surface area contributed by atoms with Crippen LogP contribution in [0.2, 0.25) is 0 Å². The van der Waals surface area contributed by atoms with E-state index in [4.69, 9.17) is 9.47 Å². The molecule has 3 unspecified atom stereocenters. The fourth-order valence-electron chi connectivity index (χ4n) is 3.50. The lowest BCUT2D eigenvalue weighted by atomic mass is 9.68. The van der Waals surface area contributed by atoms with Gasteiger partial charge < -0.3 is 9.47 Å². The number of rotatable bonds is 3. The first-order valence-corrected chi connectivity index (χ1v) is 8.01. The van der Waals surface area contributed by atoms with Crippen molar-refractivity contribution in [1.82, 2.24) is 0 Å². The molecule has 0 saturated carbocycles. The van der Waals surface area contributed by atoms with E-state index in [1.165, 1.54) is 11.1 Å². The highest BCUT2D eigenvalue weighted by molar-refractivity contribution is 9.09. The van der Waals surface area contributed by atoms with Crippen molar-refractivity contribution in [2.45, 2.75) is 63.7 Å². The number of halogens is 1. The third kappa shape index (κ3) is 2.70. The molecule has 108 valence electrons. The van der Waals surface area contributed by atoms with Crippen LogP contribution in [0.1, 0.15) is 47.0 Å². The molecule has 1 aliphatic carbocycles. The number of hydrogen-bond acceptors (Lipinski definition) is 2. The molecule has 19 heavy (non-hydrogen) atoms. The van der Waals surface area contributed by atoms with Crippen LogP contribution in [0.15, 0.2) is 23.8 Å². The molecular formula is C16H25BrO2. The van der Waals surface area contributed by atoms with E-state index in [0.29, 0.717) is 6.61 Å². The van der Waals surface area contributed by atoms with E-state index < -0.39 is 5.79 Å². The monoisotopic (exact) mass is 328 g/mol. The van der Waals surface area contributed by atoms with Gasteiger partial charge in [-0.05, 0) is 32.1 Å². The summed E-state index contributed by atoms with van der Waals surface area (Å²) < 4.78 is 12.2. The van der Waals surface area contributed by atoms with E-state index in [0.717, 1.165) is 19.3 Å². The molecule has 0 aromatic rings. The molecule has 3 heteroatoms. The summed E-state index contributed by atoms with van der Waals surface area (Å²) in [7, 11) is 0. The predicted octanol–water partition coefficient (Wildman–Crippen LogP) is 4.59. The molecule has 2 aliphatic rings. The SMILES string of the molecule is C=CCCC1=C(C)C(Br)C2(CC1(C)C)OCC(C)O2. The van der Waals surface area contributed by atoms with Gasteiger partial charge in [0.05, 0.1) is 17.5 Å². The molecule has 1 spiro atoms. The van der Waals surface area contributed by atoms with Gasteiger partial charge in [0.1, 0.15) is 0 Å². The van der Waals surface area contributed by atoms with Crippen LogP contribution in [0.25, 0.3) is 0 Å². The second kappa shape index (κ2) is 5.34. The lowest BCUT2D eigenvalue weighted by molar-refractivity contribution is -0.182. The van der Waals surface area contributed by atoms with E-state index in [1.54, 1.807) is 0 Å². The summed E-state index contributed by atoms with van der Waals surface area (Å²) in [4.78, 5) is 0.151. The van der Waals surface area contributed by atoms with Crippen molar-refractivity contribution in [3.63, 3.8) is 0 Å². The molecule has 0 aromatic heterocycles. The first-order valence-electron chi connectivity index (χ1n) is 7.09. The molecule has 0 N–H and O–H groups in total. The maximum atomic E-state index is 6.14. The Kier molecular flexibility index (Phi) is 4.29. The molecule has 0 radical (unpaired) electrons. The van der Waals surface area contributed by atoms with Gasteiger partial charge in [-0.3, -0.25) is 0 Å². The zero-order valence-electron chi connectivity index (χ0n) is 12.5. The van der Waals surface area contributed by atoms with Crippen LogP contribution >= 0.6 is 15.9 Å². The third-order valence-electron chi connectivity index (χ3n) is 4.31. The van der Waals surface area contributed by atoms with Crippen LogP contribution < -0.4 is 0 Å². The molecule has 3 atom stereocenters. The molecule has 1 aliphatic heterocycles. The highest BCUT2D eigenvalue weighted by Crippen LogP contribution is 2.52. The lowest BCUT2D eigenvalue weighted by Crippen LogP contribution is -2.49. The van der Waals surface area contributed by atoms with Crippen LogP contribution in [-0.2, 0) is 9.47 Å². The topological polar surface area (TPSA) is 18.5 Å². The minimum Gasteiger partial charge on any atom is -0.346 e. The van der Waals surface area contributed by atoms with Crippen LogP contribution in [0, 0.1) is 5.41 Å². The molecular weight excluding hydrogens is 304 g/mol. The first kappa shape index (κ1) is 15.3. The number of alkyl halides is 1. The third-order valence-corrected chi connectivity index (χ3v) is 5.69. The van der Waals surface area contributed by atoms with Gasteiger partial charge in [0.2, 0.25) is 0 Å². The lowest BCUT2D eigenvalue weighted by Gasteiger charge is -2.46. The van der Waals surface area contributed by atoms with Gasteiger partial charge in [-0.1, -0.05) is 47.0 Å². The summed E-state index contributed by atoms with van der Waals surface area (Å²) in [5.41, 5.74) is 3.00. The Morgan fingerprint density at radius 2 is 2.16 bits per heavy atom. The molecule has 1 heterocycles. The summed E-state index contributed by atoms with van der Waals surface area (Å²) in [6.45, 7) is 13.4. The number of allylic oxidation sites excluding steroid dienone is 2. The second-order valence-electron chi connectivity index (χ2n) is 6.46. The zero-order valence-corrected chi connectivity index (χ0v) is 14.0. The maximum absolute atomic E-state index is 6.14. The Bertz CT molecular complexity index is 400. The van der Waals surface area contributed by atoms with Crippen LogP contribution in [0.4, 0.5) is 0 Å². The number of hydrogen-bond donors (Lipinski definition) is 0. The van der Waals surface area contributed by atoms with E-state index in [9.17, 15) is 0 Å². The molecule has 2 nitrogen and oxygen atoms in total. The Balaban J connectivity index is 2.34. The van der Waals surface area contributed by atoms with Crippen molar-refractivity contribution >= 4 is 15.9 Å². The minimum absolute atomic E-state index is 0.113. The summed E-state index contributed by atoms with van der Waals surface area (Å²) in [6.07, 6.45) is 5.19. The van der Waals surface area contributed by atoms with Crippen molar-refractivity contribution in [2.24, 2.45) is 5.41 Å². The normalized spacial score (nSPS) is 37.9. The molecule has 0 aromatic carbocycles. The van der Waals surface area contributed by atoms with E-state index in [2.05, 4.69) is 50.2 Å². The van der Waals surface area contributed by atoms with Crippen LogP contribution in [0.3, 0.4) is 0 Å². The van der Waals surface area contributed by atoms with Gasteiger partial charge in [0, 0.05) is 6.42 Å². The van der Waals surface area contributed by atoms with Gasteiger partial charge in [0.25, 0.3) is 0 Å². The molecule has 1 saturated heterocycles. The van der Waals surface area contributed by atoms with Crippen LogP contribution in [-0.4, -0.2) is 23.3 Å². The summed E-state index contributed by atoms with van der Waals surface area (Å²) in [5.74, 6) is -0.481. The average Bonchev–Trinajstić information content (AvgIpc) is 2.68. The Morgan fingerprint density at radius 1 is 1.47 bits per heavy atom. The quantitative estimate of drug-likeness (QED) is 0.557. The Labute approximate surface area is 125 Å². The predicted molar refractivity (Wildman–Crippen MR) is 82.5 cm³/mol. The summed E-state index contributed by atoms with van der Waals surface area (Å²) in [5, 5.41) is 0. The van der Waals surface area contributed by atoms with Crippen molar-refractivity contribution < 1.29 is 9.47 Å². The Morgan fingerprint density at radius 3 is 2.68 bits per heavy atom. The Hall–Kier alpha value is -0.120. The molecule has 0 bridgehead atoms. The second-order valence-corrected chi connectivity index (χ2v) is 7.38. The maximum Gasteiger partial charge on any atom is 0.185 e. The fourth-order valence-corrected chi connectivity index (χ4v) is 4.18. The molecule has 0 amide bonds. The first-order chi connectivity index (χ1) is 8.82. The standard InChI is InChI=1S/C16H25BrO2/c1-6-7-8-13-12(3)14(17)16(10-15(13,4)5)18-9-11(2)19-16/h6,11,14H,1,7-10H2,2-5H3. The molecule has 1 fully saturated rings. The van der Waals surface area contributed by atoms with Gasteiger partial charge >= 0.3 is 0 Å². The smallest absolute Gasteiger partial charge is 0.185 e. The van der Waals surface area contributed by atoms with Crippen molar-refractivity contribution in [2.75, 3.05) is 6.61 Å². The van der Waals surface area contributed by atoms with Crippen molar-refractivity contribution in [1.29, 1.82) is 0 Å². The summed E-state index contributed by atoms with van der Waals surface area (Å²) in [6, 6.07) is 0. The van der Waals surface area contributed by atoms with Crippen LogP contribution in [0.5, 0.6) is 0 Å². The van der Waals surface area contributed by atoms with Gasteiger partial charge in [-0.2, -0.15) is 0 Å². The highest BCUT2D eigenvalue weighted by atomic mass is 79.9. The van der Waals surface area contributed by atoms with Gasteiger partial charge in [-0.25, -0.2) is 0 Å².